The summed E-state index contributed by atoms with van der Waals surface area (Å²) in [5, 5.41) is 3.53. The second-order valence-corrected chi connectivity index (χ2v) is 6.79. The van der Waals surface area contributed by atoms with Crippen molar-refractivity contribution in [2.24, 2.45) is 0 Å². The second kappa shape index (κ2) is 6.76. The van der Waals surface area contributed by atoms with E-state index in [0.717, 1.165) is 39.1 Å². The number of ether oxygens (including phenoxy) is 2. The normalized spacial score (nSPS) is 27.1. The van der Waals surface area contributed by atoms with E-state index in [1.165, 1.54) is 12.8 Å². The van der Waals surface area contributed by atoms with E-state index in [0.29, 0.717) is 12.1 Å². The highest BCUT2D eigenvalue weighted by molar-refractivity contribution is 5.68. The first kappa shape index (κ1) is 15.6. The molecule has 2 atom stereocenters. The van der Waals surface area contributed by atoms with Crippen LogP contribution in [0.4, 0.5) is 4.79 Å². The Balaban J connectivity index is 1.63. The molecule has 0 radical (unpaired) electrons. The van der Waals surface area contributed by atoms with Gasteiger partial charge < -0.3 is 19.7 Å². The quantitative estimate of drug-likeness (QED) is 0.859. The second-order valence-electron chi connectivity index (χ2n) is 6.79. The molecular formula is C15H28N2O3. The molecule has 0 aliphatic carbocycles. The first-order valence-electron chi connectivity index (χ1n) is 7.77. The third kappa shape index (κ3) is 4.94. The van der Waals surface area contributed by atoms with E-state index in [9.17, 15) is 4.79 Å². The first-order chi connectivity index (χ1) is 9.44. The molecule has 2 fully saturated rings. The predicted molar refractivity (Wildman–Crippen MR) is 77.8 cm³/mol. The molecule has 2 rings (SSSR count). The van der Waals surface area contributed by atoms with Crippen molar-refractivity contribution in [1.29, 1.82) is 0 Å². The molecule has 5 nitrogen and oxygen atoms in total. The predicted octanol–water partition coefficient (Wildman–Crippen LogP) is 2.15. The lowest BCUT2D eigenvalue weighted by Gasteiger charge is -2.24. The number of rotatable bonds is 4. The van der Waals surface area contributed by atoms with Crippen molar-refractivity contribution >= 4 is 6.09 Å². The van der Waals surface area contributed by atoms with Crippen LogP contribution in [0, 0.1) is 0 Å². The monoisotopic (exact) mass is 284 g/mol. The molecule has 0 aromatic heterocycles. The molecule has 2 aliphatic heterocycles. The minimum Gasteiger partial charge on any atom is -0.444 e. The van der Waals surface area contributed by atoms with Crippen molar-refractivity contribution in [3.63, 3.8) is 0 Å². The number of carbonyl (C=O) groups excluding carboxylic acids is 1. The molecule has 0 spiro atoms. The van der Waals surface area contributed by atoms with Crippen molar-refractivity contribution in [1.82, 2.24) is 10.2 Å². The number of likely N-dealkylation sites (tertiary alicyclic amines) is 1. The van der Waals surface area contributed by atoms with Crippen molar-refractivity contribution in [2.45, 2.75) is 64.2 Å². The summed E-state index contributed by atoms with van der Waals surface area (Å²) in [6.07, 6.45) is 4.71. The fraction of sp³-hybridized carbons (Fsp3) is 0.933. The highest BCUT2D eigenvalue weighted by Crippen LogP contribution is 2.17. The molecule has 116 valence electrons. The smallest absolute Gasteiger partial charge is 0.410 e. The Morgan fingerprint density at radius 2 is 2.20 bits per heavy atom. The maximum absolute atomic E-state index is 11.9. The molecule has 0 aromatic carbocycles. The Morgan fingerprint density at radius 1 is 1.40 bits per heavy atom. The van der Waals surface area contributed by atoms with Gasteiger partial charge in [0.15, 0.2) is 0 Å². The molecule has 2 aliphatic rings. The number of hydrogen-bond donors (Lipinski definition) is 1. The Labute approximate surface area is 122 Å². The van der Waals surface area contributed by atoms with Crippen LogP contribution in [0.3, 0.4) is 0 Å². The van der Waals surface area contributed by atoms with E-state index in [2.05, 4.69) is 5.32 Å². The van der Waals surface area contributed by atoms with E-state index in [1.807, 2.05) is 20.8 Å². The zero-order chi connectivity index (χ0) is 14.6. The van der Waals surface area contributed by atoms with E-state index in [1.54, 1.807) is 4.90 Å². The highest BCUT2D eigenvalue weighted by Gasteiger charge is 2.29. The van der Waals surface area contributed by atoms with Gasteiger partial charge in [0.2, 0.25) is 0 Å². The van der Waals surface area contributed by atoms with E-state index < -0.39 is 5.60 Å². The molecule has 2 unspecified atom stereocenters. The van der Waals surface area contributed by atoms with Crippen LogP contribution in [0.5, 0.6) is 0 Å². The number of carbonyl (C=O) groups is 1. The number of nitrogens with one attached hydrogen (secondary N) is 1. The maximum atomic E-state index is 11.9. The molecule has 1 amide bonds. The Bertz CT molecular complexity index is 322. The minimum atomic E-state index is -0.414. The zero-order valence-corrected chi connectivity index (χ0v) is 13.0. The van der Waals surface area contributed by atoms with Gasteiger partial charge in [-0.3, -0.25) is 0 Å². The largest absolute Gasteiger partial charge is 0.444 e. The lowest BCUT2D eigenvalue weighted by Crippen LogP contribution is -2.38. The van der Waals surface area contributed by atoms with Crippen LogP contribution in [-0.4, -0.2) is 55.0 Å². The topological polar surface area (TPSA) is 50.8 Å². The van der Waals surface area contributed by atoms with Gasteiger partial charge in [-0.05, 0) is 53.0 Å². The average molecular weight is 284 g/mol. The third-order valence-electron chi connectivity index (χ3n) is 3.76. The zero-order valence-electron chi connectivity index (χ0n) is 13.0. The SMILES string of the molecule is CC(C)(C)OC(=O)N1CCC(NCCC2CCCO2)C1. The van der Waals surface area contributed by atoms with Gasteiger partial charge in [0, 0.05) is 25.7 Å². The molecule has 5 heteroatoms. The first-order valence-corrected chi connectivity index (χ1v) is 7.77. The van der Waals surface area contributed by atoms with Gasteiger partial charge in [0.1, 0.15) is 5.60 Å². The summed E-state index contributed by atoms with van der Waals surface area (Å²) in [6, 6.07) is 0.393. The Hall–Kier alpha value is -0.810. The summed E-state index contributed by atoms with van der Waals surface area (Å²) >= 11 is 0. The molecule has 2 saturated heterocycles. The van der Waals surface area contributed by atoms with Crippen LogP contribution in [0.15, 0.2) is 0 Å². The lowest BCUT2D eigenvalue weighted by molar-refractivity contribution is 0.0290. The van der Waals surface area contributed by atoms with Crippen LogP contribution in [-0.2, 0) is 9.47 Å². The summed E-state index contributed by atoms with van der Waals surface area (Å²) in [5.74, 6) is 0. The Morgan fingerprint density at radius 3 is 2.85 bits per heavy atom. The number of nitrogens with zero attached hydrogens (tertiary/aromatic N) is 1. The molecule has 1 N–H and O–H groups in total. The summed E-state index contributed by atoms with van der Waals surface area (Å²) in [4.78, 5) is 13.7. The summed E-state index contributed by atoms with van der Waals surface area (Å²) < 4.78 is 11.0. The molecule has 2 heterocycles. The van der Waals surface area contributed by atoms with E-state index in [-0.39, 0.29) is 6.09 Å². The van der Waals surface area contributed by atoms with Gasteiger partial charge in [-0.15, -0.1) is 0 Å². The summed E-state index contributed by atoms with van der Waals surface area (Å²) in [6.45, 7) is 9.12. The fourth-order valence-electron chi connectivity index (χ4n) is 2.74. The molecule has 0 saturated carbocycles. The van der Waals surface area contributed by atoms with Crippen molar-refractivity contribution in [2.75, 3.05) is 26.2 Å². The van der Waals surface area contributed by atoms with Crippen LogP contribution >= 0.6 is 0 Å². The van der Waals surface area contributed by atoms with Crippen LogP contribution in [0.25, 0.3) is 0 Å². The Kier molecular flexibility index (Phi) is 5.27. The standard InChI is InChI=1S/C15H28N2O3/c1-15(2,3)20-14(18)17-9-7-12(11-17)16-8-6-13-5-4-10-19-13/h12-13,16H,4-11H2,1-3H3. The minimum absolute atomic E-state index is 0.194. The molecule has 0 aromatic rings. The maximum Gasteiger partial charge on any atom is 0.410 e. The van der Waals surface area contributed by atoms with Gasteiger partial charge in [-0.1, -0.05) is 0 Å². The van der Waals surface area contributed by atoms with Crippen molar-refractivity contribution in [3.05, 3.63) is 0 Å². The summed E-state index contributed by atoms with van der Waals surface area (Å²) in [5.41, 5.74) is -0.414. The van der Waals surface area contributed by atoms with Crippen LogP contribution in [0.1, 0.15) is 46.5 Å². The van der Waals surface area contributed by atoms with E-state index >= 15 is 0 Å². The van der Waals surface area contributed by atoms with Crippen LogP contribution in [0.2, 0.25) is 0 Å². The number of hydrogen-bond acceptors (Lipinski definition) is 4. The summed E-state index contributed by atoms with van der Waals surface area (Å²) in [7, 11) is 0. The average Bonchev–Trinajstić information content (AvgIpc) is 2.97. The van der Waals surface area contributed by atoms with Gasteiger partial charge in [-0.2, -0.15) is 0 Å². The van der Waals surface area contributed by atoms with Gasteiger partial charge in [-0.25, -0.2) is 4.79 Å². The molecule has 0 bridgehead atoms. The highest BCUT2D eigenvalue weighted by atomic mass is 16.6. The fourth-order valence-corrected chi connectivity index (χ4v) is 2.74. The molecule has 20 heavy (non-hydrogen) atoms. The van der Waals surface area contributed by atoms with Crippen molar-refractivity contribution < 1.29 is 14.3 Å². The molecular weight excluding hydrogens is 256 g/mol. The van der Waals surface area contributed by atoms with Crippen LogP contribution < -0.4 is 5.32 Å². The third-order valence-corrected chi connectivity index (χ3v) is 3.76. The van der Waals surface area contributed by atoms with Gasteiger partial charge in [0.25, 0.3) is 0 Å². The van der Waals surface area contributed by atoms with E-state index in [4.69, 9.17) is 9.47 Å². The number of amides is 1. The van der Waals surface area contributed by atoms with Crippen molar-refractivity contribution in [3.8, 4) is 0 Å². The van der Waals surface area contributed by atoms with Gasteiger partial charge >= 0.3 is 6.09 Å². The lowest BCUT2D eigenvalue weighted by atomic mass is 10.1. The van der Waals surface area contributed by atoms with Gasteiger partial charge in [0.05, 0.1) is 6.10 Å².